The van der Waals surface area contributed by atoms with Crippen molar-refractivity contribution in [3.05, 3.63) is 28.2 Å². The van der Waals surface area contributed by atoms with Crippen LogP contribution in [0, 0.1) is 5.92 Å². The van der Waals surface area contributed by atoms with E-state index in [-0.39, 0.29) is 5.91 Å². The fourth-order valence-corrected chi connectivity index (χ4v) is 2.24. The van der Waals surface area contributed by atoms with Crippen molar-refractivity contribution in [2.24, 2.45) is 5.92 Å². The number of benzene rings is 1. The first-order valence-electron chi connectivity index (χ1n) is 6.16. The van der Waals surface area contributed by atoms with Crippen LogP contribution in [0.1, 0.15) is 6.92 Å². The molecule has 1 aliphatic rings. The molecule has 0 bridgehead atoms. The number of hydrogen-bond donors (Lipinski definition) is 2. The van der Waals surface area contributed by atoms with Crippen molar-refractivity contribution in [1.82, 2.24) is 10.6 Å². The molecule has 1 atom stereocenters. The molecule has 1 amide bonds. The average Bonchev–Trinajstić information content (AvgIpc) is 2.25. The van der Waals surface area contributed by atoms with Crippen LogP contribution in [-0.4, -0.2) is 31.6 Å². The average molecular weight is 303 g/mol. The highest BCUT2D eigenvalue weighted by Crippen LogP contribution is 2.24. The Kier molecular flexibility index (Phi) is 4.91. The molecule has 1 aliphatic heterocycles. The van der Waals surface area contributed by atoms with Crippen LogP contribution in [0.15, 0.2) is 18.2 Å². The second-order valence-electron chi connectivity index (χ2n) is 4.63. The van der Waals surface area contributed by atoms with Crippen LogP contribution < -0.4 is 15.4 Å². The minimum absolute atomic E-state index is 0.136. The monoisotopic (exact) mass is 302 g/mol. The Hall–Kier alpha value is -0.970. The predicted octanol–water partition coefficient (Wildman–Crippen LogP) is 2.10. The van der Waals surface area contributed by atoms with Gasteiger partial charge in [0.25, 0.3) is 5.91 Å². The number of rotatable bonds is 5. The SMILES string of the molecule is CC(Oc1cc(Cl)cc(Cl)c1)C(=O)NCC1CNC1. The third-order valence-electron chi connectivity index (χ3n) is 2.95. The minimum atomic E-state index is -0.581. The molecule has 0 radical (unpaired) electrons. The molecule has 1 aromatic carbocycles. The fourth-order valence-electron chi connectivity index (χ4n) is 1.74. The molecule has 1 unspecified atom stereocenters. The van der Waals surface area contributed by atoms with Crippen molar-refractivity contribution in [2.45, 2.75) is 13.0 Å². The fraction of sp³-hybridized carbons (Fsp3) is 0.462. The van der Waals surface area contributed by atoms with E-state index in [4.69, 9.17) is 27.9 Å². The van der Waals surface area contributed by atoms with Crippen molar-refractivity contribution >= 4 is 29.1 Å². The Morgan fingerprint density at radius 3 is 2.58 bits per heavy atom. The van der Waals surface area contributed by atoms with Crippen molar-refractivity contribution in [1.29, 1.82) is 0 Å². The summed E-state index contributed by atoms with van der Waals surface area (Å²) in [5.74, 6) is 0.880. The van der Waals surface area contributed by atoms with Gasteiger partial charge in [0.1, 0.15) is 5.75 Å². The maximum atomic E-state index is 11.8. The van der Waals surface area contributed by atoms with Gasteiger partial charge in [-0.1, -0.05) is 23.2 Å². The lowest BCUT2D eigenvalue weighted by Crippen LogP contribution is -2.49. The molecule has 6 heteroatoms. The number of ether oxygens (including phenoxy) is 1. The molecule has 1 fully saturated rings. The lowest BCUT2D eigenvalue weighted by Gasteiger charge is -2.27. The topological polar surface area (TPSA) is 50.4 Å². The van der Waals surface area contributed by atoms with Gasteiger partial charge in [-0.3, -0.25) is 4.79 Å². The van der Waals surface area contributed by atoms with Gasteiger partial charge < -0.3 is 15.4 Å². The Morgan fingerprint density at radius 1 is 1.42 bits per heavy atom. The van der Waals surface area contributed by atoms with Gasteiger partial charge in [-0.05, 0) is 25.1 Å². The van der Waals surface area contributed by atoms with Gasteiger partial charge in [0, 0.05) is 35.6 Å². The Bertz CT molecular complexity index is 444. The van der Waals surface area contributed by atoms with Crippen LogP contribution in [0.2, 0.25) is 10.0 Å². The molecule has 104 valence electrons. The maximum Gasteiger partial charge on any atom is 0.260 e. The molecular formula is C13H16Cl2N2O2. The smallest absolute Gasteiger partial charge is 0.260 e. The van der Waals surface area contributed by atoms with E-state index in [1.807, 2.05) is 0 Å². The van der Waals surface area contributed by atoms with Crippen molar-refractivity contribution in [2.75, 3.05) is 19.6 Å². The summed E-state index contributed by atoms with van der Waals surface area (Å²) >= 11 is 11.7. The summed E-state index contributed by atoms with van der Waals surface area (Å²) in [6.07, 6.45) is -0.581. The van der Waals surface area contributed by atoms with Gasteiger partial charge in [0.05, 0.1) is 0 Å². The number of carbonyl (C=O) groups excluding carboxylic acids is 1. The highest BCUT2D eigenvalue weighted by molar-refractivity contribution is 6.34. The summed E-state index contributed by atoms with van der Waals surface area (Å²) in [5, 5.41) is 6.98. The normalized spacial score (nSPS) is 16.6. The summed E-state index contributed by atoms with van der Waals surface area (Å²) in [6, 6.07) is 4.88. The van der Waals surface area contributed by atoms with E-state index in [1.165, 1.54) is 0 Å². The lowest BCUT2D eigenvalue weighted by atomic mass is 10.0. The minimum Gasteiger partial charge on any atom is -0.481 e. The maximum absolute atomic E-state index is 11.8. The molecule has 0 spiro atoms. The summed E-state index contributed by atoms with van der Waals surface area (Å²) in [5.41, 5.74) is 0. The van der Waals surface area contributed by atoms with Gasteiger partial charge in [-0.15, -0.1) is 0 Å². The molecule has 2 rings (SSSR count). The van der Waals surface area contributed by atoms with Gasteiger partial charge >= 0.3 is 0 Å². The number of halogens is 2. The van der Waals surface area contributed by atoms with E-state index in [9.17, 15) is 4.79 Å². The zero-order valence-corrected chi connectivity index (χ0v) is 12.1. The van der Waals surface area contributed by atoms with Crippen molar-refractivity contribution in [3.63, 3.8) is 0 Å². The predicted molar refractivity (Wildman–Crippen MR) is 75.9 cm³/mol. The largest absolute Gasteiger partial charge is 0.481 e. The number of hydrogen-bond acceptors (Lipinski definition) is 3. The molecule has 1 saturated heterocycles. The summed E-state index contributed by atoms with van der Waals surface area (Å²) in [4.78, 5) is 11.8. The molecule has 2 N–H and O–H groups in total. The summed E-state index contributed by atoms with van der Waals surface area (Å²) in [7, 11) is 0. The van der Waals surface area contributed by atoms with E-state index in [2.05, 4.69) is 10.6 Å². The second kappa shape index (κ2) is 6.46. The molecule has 0 aromatic heterocycles. The zero-order chi connectivity index (χ0) is 13.8. The standard InChI is InChI=1S/C13H16Cl2N2O2/c1-8(13(18)17-7-9-5-16-6-9)19-12-3-10(14)2-11(15)4-12/h2-4,8-9,16H,5-7H2,1H3,(H,17,18). The molecule has 0 aliphatic carbocycles. The molecule has 4 nitrogen and oxygen atoms in total. The van der Waals surface area contributed by atoms with Crippen molar-refractivity contribution < 1.29 is 9.53 Å². The van der Waals surface area contributed by atoms with E-state index >= 15 is 0 Å². The van der Waals surface area contributed by atoms with Crippen LogP contribution in [0.5, 0.6) is 5.75 Å². The first-order chi connectivity index (χ1) is 9.04. The molecule has 19 heavy (non-hydrogen) atoms. The second-order valence-corrected chi connectivity index (χ2v) is 5.51. The van der Waals surface area contributed by atoms with Gasteiger partial charge in [0.2, 0.25) is 0 Å². The van der Waals surface area contributed by atoms with Crippen LogP contribution >= 0.6 is 23.2 Å². The van der Waals surface area contributed by atoms with Crippen LogP contribution in [0.4, 0.5) is 0 Å². The van der Waals surface area contributed by atoms with E-state index < -0.39 is 6.10 Å². The Morgan fingerprint density at radius 2 is 2.05 bits per heavy atom. The van der Waals surface area contributed by atoms with E-state index in [0.29, 0.717) is 28.3 Å². The Balaban J connectivity index is 1.84. The highest BCUT2D eigenvalue weighted by atomic mass is 35.5. The number of nitrogens with one attached hydrogen (secondary N) is 2. The zero-order valence-electron chi connectivity index (χ0n) is 10.6. The highest BCUT2D eigenvalue weighted by Gasteiger charge is 2.20. The molecular weight excluding hydrogens is 287 g/mol. The first-order valence-corrected chi connectivity index (χ1v) is 6.91. The quantitative estimate of drug-likeness (QED) is 0.876. The molecule has 0 saturated carbocycles. The summed E-state index contributed by atoms with van der Waals surface area (Å²) < 4.78 is 5.53. The number of amides is 1. The lowest BCUT2D eigenvalue weighted by molar-refractivity contribution is -0.127. The third-order valence-corrected chi connectivity index (χ3v) is 3.39. The van der Waals surface area contributed by atoms with Crippen LogP contribution in [0.3, 0.4) is 0 Å². The first kappa shape index (κ1) is 14.4. The molecule has 1 aromatic rings. The third kappa shape index (κ3) is 4.27. The van der Waals surface area contributed by atoms with Gasteiger partial charge in [-0.25, -0.2) is 0 Å². The van der Waals surface area contributed by atoms with E-state index in [0.717, 1.165) is 13.1 Å². The molecule has 1 heterocycles. The van der Waals surface area contributed by atoms with Crippen molar-refractivity contribution in [3.8, 4) is 5.75 Å². The van der Waals surface area contributed by atoms with Crippen LogP contribution in [-0.2, 0) is 4.79 Å². The van der Waals surface area contributed by atoms with Gasteiger partial charge in [-0.2, -0.15) is 0 Å². The van der Waals surface area contributed by atoms with E-state index in [1.54, 1.807) is 25.1 Å². The van der Waals surface area contributed by atoms with Crippen LogP contribution in [0.25, 0.3) is 0 Å². The number of carbonyl (C=O) groups is 1. The summed E-state index contributed by atoms with van der Waals surface area (Å²) in [6.45, 7) is 4.29. The Labute approximate surface area is 122 Å². The van der Waals surface area contributed by atoms with Gasteiger partial charge in [0.15, 0.2) is 6.10 Å².